The zero-order valence-electron chi connectivity index (χ0n) is 18.7. The van der Waals surface area contributed by atoms with Crippen LogP contribution >= 0.6 is 0 Å². The topological polar surface area (TPSA) is 80.0 Å². The Balaban J connectivity index is 1.63. The number of H-pyrrole nitrogens is 1. The number of nitrogens with one attached hydrogen (secondary N) is 1. The second-order valence-corrected chi connectivity index (χ2v) is 8.84. The molecule has 6 nitrogen and oxygen atoms in total. The molecular formula is C25H31BN3O3. The summed E-state index contributed by atoms with van der Waals surface area (Å²) in [5, 5.41) is 13.1. The molecule has 1 aliphatic carbocycles. The first-order valence-electron chi connectivity index (χ1n) is 11.7. The molecule has 0 amide bonds. The van der Waals surface area contributed by atoms with Gasteiger partial charge in [-0.15, -0.1) is 0 Å². The molecular weight excluding hydrogens is 401 g/mol. The van der Waals surface area contributed by atoms with Gasteiger partial charge in [0.15, 0.2) is 0 Å². The molecule has 1 heterocycles. The Morgan fingerprint density at radius 3 is 2.28 bits per heavy atom. The second kappa shape index (κ2) is 10.1. The lowest BCUT2D eigenvalue weighted by Gasteiger charge is -2.17. The Hall–Kier alpha value is -2.96. The molecule has 32 heavy (non-hydrogen) atoms. The summed E-state index contributed by atoms with van der Waals surface area (Å²) in [5.74, 6) is 0.578. The molecule has 2 N–H and O–H groups in total. The molecule has 2 aromatic carbocycles. The molecule has 0 atom stereocenters. The monoisotopic (exact) mass is 432 g/mol. The minimum absolute atomic E-state index is 0.0327. The van der Waals surface area contributed by atoms with E-state index in [0.29, 0.717) is 17.3 Å². The Morgan fingerprint density at radius 1 is 0.969 bits per heavy atom. The van der Waals surface area contributed by atoms with Gasteiger partial charge in [0.2, 0.25) is 0 Å². The number of rotatable bonds is 5. The molecule has 1 fully saturated rings. The minimum Gasteiger partial charge on any atom is -0.506 e. The van der Waals surface area contributed by atoms with Gasteiger partial charge < -0.3 is 5.11 Å². The van der Waals surface area contributed by atoms with Gasteiger partial charge in [-0.05, 0) is 42.2 Å². The molecule has 7 heteroatoms. The first kappa shape index (κ1) is 22.2. The van der Waals surface area contributed by atoms with E-state index in [4.69, 9.17) is 0 Å². The van der Waals surface area contributed by atoms with Crippen LogP contribution in [0.4, 0.5) is 0 Å². The number of hydrogen-bond donors (Lipinski definition) is 2. The van der Waals surface area contributed by atoms with Gasteiger partial charge in [-0.1, -0.05) is 81.9 Å². The fraction of sp³-hybridized carbons (Fsp3) is 0.440. The molecule has 4 rings (SSSR count). The van der Waals surface area contributed by atoms with Gasteiger partial charge in [-0.25, -0.2) is 19.3 Å². The highest BCUT2D eigenvalue weighted by molar-refractivity contribution is 6.51. The molecule has 0 bridgehead atoms. The zero-order valence-corrected chi connectivity index (χ0v) is 18.7. The summed E-state index contributed by atoms with van der Waals surface area (Å²) in [6.07, 6.45) is 11.2. The van der Waals surface area contributed by atoms with Crippen molar-refractivity contribution in [2.45, 2.75) is 64.6 Å². The van der Waals surface area contributed by atoms with Gasteiger partial charge in [0.05, 0.1) is 5.69 Å². The van der Waals surface area contributed by atoms with Gasteiger partial charge in [-0.3, -0.25) is 0 Å². The minimum atomic E-state index is -0.538. The van der Waals surface area contributed by atoms with E-state index in [2.05, 4.69) is 5.10 Å². The summed E-state index contributed by atoms with van der Waals surface area (Å²) in [4.78, 5) is 25.7. The highest BCUT2D eigenvalue weighted by Gasteiger charge is 2.17. The maximum absolute atomic E-state index is 13.1. The number of hydrogen-bond acceptors (Lipinski definition) is 3. The smallest absolute Gasteiger partial charge is 0.356 e. The van der Waals surface area contributed by atoms with E-state index in [1.807, 2.05) is 38.4 Å². The number of aromatic nitrogens is 3. The normalized spacial score (nSPS) is 15.7. The lowest BCUT2D eigenvalue weighted by atomic mass is 9.73. The molecule has 1 saturated carbocycles. The molecule has 0 spiro atoms. The molecule has 3 aromatic rings. The van der Waals surface area contributed by atoms with Crippen LogP contribution in [-0.4, -0.2) is 26.7 Å². The van der Waals surface area contributed by atoms with E-state index in [9.17, 15) is 14.7 Å². The number of benzene rings is 2. The van der Waals surface area contributed by atoms with Crippen molar-refractivity contribution in [2.75, 3.05) is 0 Å². The third-order valence-corrected chi connectivity index (χ3v) is 6.56. The lowest BCUT2D eigenvalue weighted by molar-refractivity contribution is 0.424. The average molecular weight is 432 g/mol. The van der Waals surface area contributed by atoms with Crippen LogP contribution in [0.3, 0.4) is 0 Å². The maximum atomic E-state index is 13.1. The average Bonchev–Trinajstić information content (AvgIpc) is 3.16. The SMILES string of the molecule is C[B]c1ccc(-n2c(=O)[nH]n(-c3cc(CC4CCCCCCCC4)ccc3O)c2=O)cc1. The van der Waals surface area contributed by atoms with Crippen molar-refractivity contribution >= 4 is 12.7 Å². The van der Waals surface area contributed by atoms with Gasteiger partial charge in [0, 0.05) is 0 Å². The molecule has 0 unspecified atom stereocenters. The summed E-state index contributed by atoms with van der Waals surface area (Å²) in [7, 11) is 1.95. The highest BCUT2D eigenvalue weighted by atomic mass is 16.3. The zero-order chi connectivity index (χ0) is 22.5. The van der Waals surface area contributed by atoms with Crippen LogP contribution in [0.15, 0.2) is 52.1 Å². The Kier molecular flexibility index (Phi) is 7.03. The maximum Gasteiger partial charge on any atom is 0.356 e. The predicted octanol–water partition coefficient (Wildman–Crippen LogP) is 3.69. The Morgan fingerprint density at radius 2 is 1.62 bits per heavy atom. The summed E-state index contributed by atoms with van der Waals surface area (Å²) in [6.45, 7) is 1.93. The van der Waals surface area contributed by atoms with Crippen LogP contribution in [0.5, 0.6) is 5.75 Å². The van der Waals surface area contributed by atoms with Gasteiger partial charge in [0.25, 0.3) is 0 Å². The van der Waals surface area contributed by atoms with Gasteiger partial charge in [-0.2, -0.15) is 4.68 Å². The molecule has 0 aliphatic heterocycles. The lowest BCUT2D eigenvalue weighted by Crippen LogP contribution is -2.27. The van der Waals surface area contributed by atoms with E-state index >= 15 is 0 Å². The number of nitrogens with zero attached hydrogens (tertiary/aromatic N) is 2. The van der Waals surface area contributed by atoms with Crippen LogP contribution in [0, 0.1) is 5.92 Å². The van der Waals surface area contributed by atoms with E-state index in [0.717, 1.165) is 26.7 Å². The Labute approximate surface area is 189 Å². The molecule has 1 aliphatic rings. The van der Waals surface area contributed by atoms with Crippen molar-refractivity contribution in [1.82, 2.24) is 14.3 Å². The van der Waals surface area contributed by atoms with Crippen molar-refractivity contribution in [3.05, 3.63) is 69.0 Å². The summed E-state index contributed by atoms with van der Waals surface area (Å²) in [6, 6.07) is 12.6. The van der Waals surface area contributed by atoms with Crippen LogP contribution in [0.1, 0.15) is 56.9 Å². The fourth-order valence-electron chi connectivity index (χ4n) is 4.72. The van der Waals surface area contributed by atoms with Crippen molar-refractivity contribution in [3.63, 3.8) is 0 Å². The first-order chi connectivity index (χ1) is 15.6. The Bertz CT molecular complexity index is 1150. The summed E-state index contributed by atoms with van der Waals surface area (Å²) in [5.41, 5.74) is 1.81. The first-order valence-corrected chi connectivity index (χ1v) is 11.7. The van der Waals surface area contributed by atoms with Crippen molar-refractivity contribution in [2.24, 2.45) is 5.92 Å². The second-order valence-electron chi connectivity index (χ2n) is 8.84. The van der Waals surface area contributed by atoms with E-state index in [1.165, 1.54) is 51.4 Å². The van der Waals surface area contributed by atoms with E-state index in [1.54, 1.807) is 18.2 Å². The largest absolute Gasteiger partial charge is 0.506 e. The number of phenols is 1. The third kappa shape index (κ3) is 4.92. The van der Waals surface area contributed by atoms with Crippen LogP contribution in [-0.2, 0) is 6.42 Å². The molecule has 1 aromatic heterocycles. The van der Waals surface area contributed by atoms with Crippen molar-refractivity contribution in [1.29, 1.82) is 0 Å². The third-order valence-electron chi connectivity index (χ3n) is 6.56. The molecule has 0 saturated heterocycles. The summed E-state index contributed by atoms with van der Waals surface area (Å²) < 4.78 is 2.23. The van der Waals surface area contributed by atoms with E-state index in [-0.39, 0.29) is 5.75 Å². The quantitative estimate of drug-likeness (QED) is 0.604. The van der Waals surface area contributed by atoms with Crippen LogP contribution in [0.2, 0.25) is 6.82 Å². The highest BCUT2D eigenvalue weighted by Crippen LogP contribution is 2.28. The van der Waals surface area contributed by atoms with Crippen LogP contribution in [0.25, 0.3) is 11.4 Å². The molecule has 167 valence electrons. The summed E-state index contributed by atoms with van der Waals surface area (Å²) >= 11 is 0. The van der Waals surface area contributed by atoms with Crippen LogP contribution < -0.4 is 16.8 Å². The van der Waals surface area contributed by atoms with Gasteiger partial charge >= 0.3 is 11.4 Å². The van der Waals surface area contributed by atoms with E-state index < -0.39 is 11.4 Å². The number of phenolic OH excluding ortho intramolecular Hbond substituents is 1. The van der Waals surface area contributed by atoms with Crippen molar-refractivity contribution < 1.29 is 5.11 Å². The van der Waals surface area contributed by atoms with Gasteiger partial charge in [0.1, 0.15) is 18.7 Å². The standard InChI is InChI=1S/C25H31BN3O3/c1-26-20-11-13-21(14-12-20)28-24(31)27-29(25(28)32)22-17-19(10-15-23(22)30)16-18-8-6-4-2-3-5-7-9-18/h10-15,17-18,30H,2-9,16H2,1H3,(H,27,31). The molecule has 1 radical (unpaired) electrons. The van der Waals surface area contributed by atoms with Crippen molar-refractivity contribution in [3.8, 4) is 17.1 Å². The fourth-order valence-corrected chi connectivity index (χ4v) is 4.72. The number of aromatic hydroxyl groups is 1. The predicted molar refractivity (Wildman–Crippen MR) is 129 cm³/mol. The number of aromatic amines is 1.